The standard InChI is InChI=1S/C11H8BrN/c12-9-11-6-4-10(5-7-11)3-1-2-8-13/h4-7H,2,9H2. The van der Waals surface area contributed by atoms with Crippen molar-refractivity contribution in [3.05, 3.63) is 35.4 Å². The molecule has 0 aliphatic carbocycles. The van der Waals surface area contributed by atoms with Crippen LogP contribution >= 0.6 is 15.9 Å². The van der Waals surface area contributed by atoms with Crippen molar-refractivity contribution in [1.29, 1.82) is 5.26 Å². The minimum absolute atomic E-state index is 0.292. The van der Waals surface area contributed by atoms with Crippen LogP contribution in [-0.2, 0) is 5.33 Å². The summed E-state index contributed by atoms with van der Waals surface area (Å²) in [6.07, 6.45) is 0.292. The summed E-state index contributed by atoms with van der Waals surface area (Å²) in [5.74, 6) is 5.68. The van der Waals surface area contributed by atoms with Crippen molar-refractivity contribution in [2.24, 2.45) is 0 Å². The van der Waals surface area contributed by atoms with E-state index in [-0.39, 0.29) is 0 Å². The number of hydrogen-bond donors (Lipinski definition) is 0. The fraction of sp³-hybridized carbons (Fsp3) is 0.182. The summed E-state index contributed by atoms with van der Waals surface area (Å²) in [5, 5.41) is 9.13. The number of alkyl halides is 1. The first-order chi connectivity index (χ1) is 6.36. The third-order valence-corrected chi connectivity index (χ3v) is 2.16. The van der Waals surface area contributed by atoms with Crippen molar-refractivity contribution in [2.45, 2.75) is 11.8 Å². The Hall–Kier alpha value is -1.25. The minimum Gasteiger partial charge on any atom is -0.197 e. The van der Waals surface area contributed by atoms with Gasteiger partial charge in [0, 0.05) is 10.9 Å². The molecule has 0 N–H and O–H groups in total. The van der Waals surface area contributed by atoms with E-state index >= 15 is 0 Å². The molecule has 13 heavy (non-hydrogen) atoms. The third-order valence-electron chi connectivity index (χ3n) is 1.51. The number of benzene rings is 1. The van der Waals surface area contributed by atoms with E-state index in [1.165, 1.54) is 5.56 Å². The second kappa shape index (κ2) is 5.41. The predicted octanol–water partition coefficient (Wildman–Crippen LogP) is 2.85. The van der Waals surface area contributed by atoms with Crippen LogP contribution in [0.1, 0.15) is 17.5 Å². The number of halogens is 1. The molecular weight excluding hydrogens is 226 g/mol. The van der Waals surface area contributed by atoms with Gasteiger partial charge in [0.25, 0.3) is 0 Å². The number of nitriles is 1. The van der Waals surface area contributed by atoms with Gasteiger partial charge >= 0.3 is 0 Å². The molecule has 0 aromatic heterocycles. The van der Waals surface area contributed by atoms with Crippen molar-refractivity contribution >= 4 is 15.9 Å². The van der Waals surface area contributed by atoms with Gasteiger partial charge in [0.2, 0.25) is 0 Å². The van der Waals surface area contributed by atoms with Crippen molar-refractivity contribution in [2.75, 3.05) is 0 Å². The van der Waals surface area contributed by atoms with E-state index in [0.29, 0.717) is 6.42 Å². The molecule has 0 saturated heterocycles. The highest BCUT2D eigenvalue weighted by atomic mass is 79.9. The van der Waals surface area contributed by atoms with E-state index in [2.05, 4.69) is 27.8 Å². The smallest absolute Gasteiger partial charge is 0.0966 e. The van der Waals surface area contributed by atoms with Gasteiger partial charge in [-0.1, -0.05) is 39.9 Å². The highest BCUT2D eigenvalue weighted by molar-refractivity contribution is 9.08. The summed E-state index contributed by atoms with van der Waals surface area (Å²) in [4.78, 5) is 0. The summed E-state index contributed by atoms with van der Waals surface area (Å²) < 4.78 is 0. The van der Waals surface area contributed by atoms with Crippen LogP contribution in [0.4, 0.5) is 0 Å². The molecule has 0 radical (unpaired) electrons. The Labute approximate surface area is 86.5 Å². The topological polar surface area (TPSA) is 23.8 Å². The first-order valence-corrected chi connectivity index (χ1v) is 4.99. The summed E-state index contributed by atoms with van der Waals surface area (Å²) in [7, 11) is 0. The molecule has 0 aliphatic heterocycles. The fourth-order valence-corrected chi connectivity index (χ4v) is 1.24. The van der Waals surface area contributed by atoms with Gasteiger partial charge in [-0.3, -0.25) is 0 Å². The molecule has 1 nitrogen and oxygen atoms in total. The van der Waals surface area contributed by atoms with Gasteiger partial charge in [0.1, 0.15) is 0 Å². The quantitative estimate of drug-likeness (QED) is 0.541. The van der Waals surface area contributed by atoms with Crippen molar-refractivity contribution < 1.29 is 0 Å². The van der Waals surface area contributed by atoms with Gasteiger partial charge in [0.15, 0.2) is 0 Å². The van der Waals surface area contributed by atoms with E-state index in [0.717, 1.165) is 10.9 Å². The molecule has 0 bridgehead atoms. The number of nitrogens with zero attached hydrogens (tertiary/aromatic N) is 1. The van der Waals surface area contributed by atoms with Crippen LogP contribution in [0.5, 0.6) is 0 Å². The summed E-state index contributed by atoms with van der Waals surface area (Å²) in [5.41, 5.74) is 2.19. The Morgan fingerprint density at radius 3 is 2.46 bits per heavy atom. The molecule has 0 atom stereocenters. The van der Waals surface area contributed by atoms with Gasteiger partial charge in [-0.15, -0.1) is 0 Å². The molecule has 0 spiro atoms. The molecule has 0 heterocycles. The van der Waals surface area contributed by atoms with Crippen molar-refractivity contribution in [1.82, 2.24) is 0 Å². The maximum Gasteiger partial charge on any atom is 0.0966 e. The SMILES string of the molecule is N#CCC#Cc1ccc(CBr)cc1. The Morgan fingerprint density at radius 2 is 1.92 bits per heavy atom. The molecule has 0 amide bonds. The molecule has 1 aromatic carbocycles. The van der Waals surface area contributed by atoms with E-state index in [9.17, 15) is 0 Å². The van der Waals surface area contributed by atoms with Gasteiger partial charge in [-0.05, 0) is 17.7 Å². The molecule has 0 unspecified atom stereocenters. The van der Waals surface area contributed by atoms with Gasteiger partial charge in [0.05, 0.1) is 12.5 Å². The highest BCUT2D eigenvalue weighted by Gasteiger charge is 1.88. The molecule has 1 rings (SSSR count). The Bertz CT molecular complexity index is 362. The molecular formula is C11H8BrN. The van der Waals surface area contributed by atoms with Crippen LogP contribution in [0.2, 0.25) is 0 Å². The molecule has 0 fully saturated rings. The number of hydrogen-bond acceptors (Lipinski definition) is 1. The zero-order valence-corrected chi connectivity index (χ0v) is 8.63. The second-order valence-corrected chi connectivity index (χ2v) is 3.03. The lowest BCUT2D eigenvalue weighted by molar-refractivity contribution is 1.39. The maximum atomic E-state index is 8.27. The first kappa shape index (κ1) is 9.84. The predicted molar refractivity (Wildman–Crippen MR) is 56.2 cm³/mol. The van der Waals surface area contributed by atoms with Crippen LogP contribution in [-0.4, -0.2) is 0 Å². The lowest BCUT2D eigenvalue weighted by Gasteiger charge is -1.93. The number of rotatable bonds is 1. The van der Waals surface area contributed by atoms with Crippen LogP contribution in [0, 0.1) is 23.2 Å². The maximum absolute atomic E-state index is 8.27. The lowest BCUT2D eigenvalue weighted by atomic mass is 10.1. The summed E-state index contributed by atoms with van der Waals surface area (Å²) in [6, 6.07) is 9.94. The first-order valence-electron chi connectivity index (χ1n) is 3.87. The minimum atomic E-state index is 0.292. The summed E-state index contributed by atoms with van der Waals surface area (Å²) in [6.45, 7) is 0. The fourth-order valence-electron chi connectivity index (χ4n) is 0.863. The van der Waals surface area contributed by atoms with E-state index in [1.807, 2.05) is 30.3 Å². The molecule has 0 aliphatic rings. The van der Waals surface area contributed by atoms with E-state index in [1.54, 1.807) is 0 Å². The largest absolute Gasteiger partial charge is 0.197 e. The molecule has 1 aromatic rings. The third kappa shape index (κ3) is 3.32. The lowest BCUT2D eigenvalue weighted by Crippen LogP contribution is -1.77. The average Bonchev–Trinajstić information content (AvgIpc) is 2.19. The summed E-state index contributed by atoms with van der Waals surface area (Å²) >= 11 is 3.37. The monoisotopic (exact) mass is 233 g/mol. The van der Waals surface area contributed by atoms with E-state index in [4.69, 9.17) is 5.26 Å². The Balaban J connectivity index is 2.72. The molecule has 0 saturated carbocycles. The highest BCUT2D eigenvalue weighted by Crippen LogP contribution is 2.06. The molecule has 64 valence electrons. The van der Waals surface area contributed by atoms with Gasteiger partial charge in [-0.25, -0.2) is 0 Å². The Morgan fingerprint density at radius 1 is 1.23 bits per heavy atom. The van der Waals surface area contributed by atoms with Gasteiger partial charge in [-0.2, -0.15) is 5.26 Å². The van der Waals surface area contributed by atoms with Crippen LogP contribution in [0.15, 0.2) is 24.3 Å². The zero-order chi connectivity index (χ0) is 9.52. The van der Waals surface area contributed by atoms with Crippen LogP contribution < -0.4 is 0 Å². The zero-order valence-electron chi connectivity index (χ0n) is 7.05. The van der Waals surface area contributed by atoms with Crippen molar-refractivity contribution in [3.8, 4) is 17.9 Å². The normalized spacial score (nSPS) is 8.31. The van der Waals surface area contributed by atoms with Gasteiger partial charge < -0.3 is 0 Å². The molecule has 2 heteroatoms. The Kier molecular flexibility index (Phi) is 4.09. The average molecular weight is 234 g/mol. The second-order valence-electron chi connectivity index (χ2n) is 2.47. The van der Waals surface area contributed by atoms with Crippen molar-refractivity contribution in [3.63, 3.8) is 0 Å². The van der Waals surface area contributed by atoms with Crippen LogP contribution in [0.3, 0.4) is 0 Å². The van der Waals surface area contributed by atoms with E-state index < -0.39 is 0 Å². The van der Waals surface area contributed by atoms with Crippen LogP contribution in [0.25, 0.3) is 0 Å².